The van der Waals surface area contributed by atoms with Crippen molar-refractivity contribution in [3.8, 4) is 5.19 Å². The Morgan fingerprint density at radius 2 is 2.26 bits per heavy atom. The molecule has 1 heterocycles. The van der Waals surface area contributed by atoms with E-state index in [-0.39, 0.29) is 0 Å². The number of nitrogen functional groups attached to an aromatic ring is 1. The van der Waals surface area contributed by atoms with Crippen molar-refractivity contribution in [2.24, 2.45) is 0 Å². The SMILES string of the molecule is C=C(OCC)C(/C=C\CCOc1nnc(N)s1)=C/C. The molecule has 104 valence electrons. The van der Waals surface area contributed by atoms with Gasteiger partial charge in [-0.15, -0.1) is 5.10 Å². The van der Waals surface area contributed by atoms with E-state index in [2.05, 4.69) is 16.8 Å². The molecule has 0 fully saturated rings. The first-order valence-corrected chi connectivity index (χ1v) is 6.85. The van der Waals surface area contributed by atoms with Crippen molar-refractivity contribution in [3.05, 3.63) is 36.1 Å². The van der Waals surface area contributed by atoms with Gasteiger partial charge in [0, 0.05) is 5.57 Å². The normalized spacial score (nSPS) is 11.8. The summed E-state index contributed by atoms with van der Waals surface area (Å²) >= 11 is 1.23. The number of ether oxygens (including phenoxy) is 2. The second-order valence-corrected chi connectivity index (χ2v) is 4.52. The topological polar surface area (TPSA) is 70.3 Å². The lowest BCUT2D eigenvalue weighted by atomic mass is 10.2. The maximum absolute atomic E-state index is 5.45. The van der Waals surface area contributed by atoms with E-state index in [0.717, 1.165) is 12.0 Å². The Hall–Kier alpha value is -1.82. The van der Waals surface area contributed by atoms with Gasteiger partial charge < -0.3 is 15.2 Å². The fourth-order valence-electron chi connectivity index (χ4n) is 1.31. The van der Waals surface area contributed by atoms with E-state index in [1.54, 1.807) is 0 Å². The van der Waals surface area contributed by atoms with Crippen LogP contribution >= 0.6 is 11.3 Å². The van der Waals surface area contributed by atoms with Gasteiger partial charge in [0.15, 0.2) is 0 Å². The molecule has 6 heteroatoms. The van der Waals surface area contributed by atoms with Crippen molar-refractivity contribution < 1.29 is 9.47 Å². The van der Waals surface area contributed by atoms with Crippen LogP contribution in [0.5, 0.6) is 5.19 Å². The van der Waals surface area contributed by atoms with Crippen molar-refractivity contribution in [1.82, 2.24) is 10.2 Å². The van der Waals surface area contributed by atoms with Gasteiger partial charge >= 0.3 is 0 Å². The molecule has 0 aliphatic carbocycles. The highest BCUT2D eigenvalue weighted by Gasteiger charge is 2.00. The average Bonchev–Trinajstić information content (AvgIpc) is 2.80. The number of rotatable bonds is 8. The lowest BCUT2D eigenvalue weighted by molar-refractivity contribution is 0.240. The van der Waals surface area contributed by atoms with E-state index < -0.39 is 0 Å². The lowest BCUT2D eigenvalue weighted by Crippen LogP contribution is -1.96. The Morgan fingerprint density at radius 3 is 2.84 bits per heavy atom. The highest BCUT2D eigenvalue weighted by Crippen LogP contribution is 2.19. The summed E-state index contributed by atoms with van der Waals surface area (Å²) in [4.78, 5) is 0. The molecule has 2 N–H and O–H groups in total. The molecule has 0 aliphatic heterocycles. The zero-order chi connectivity index (χ0) is 14.1. The van der Waals surface area contributed by atoms with Gasteiger partial charge in [0.05, 0.1) is 13.2 Å². The number of hydrogen-bond acceptors (Lipinski definition) is 6. The van der Waals surface area contributed by atoms with Crippen molar-refractivity contribution in [3.63, 3.8) is 0 Å². The minimum Gasteiger partial charge on any atom is -0.494 e. The number of aromatic nitrogens is 2. The van der Waals surface area contributed by atoms with Crippen molar-refractivity contribution in [1.29, 1.82) is 0 Å². The molecule has 0 unspecified atom stereocenters. The Bertz CT molecular complexity index is 466. The number of hydrogen-bond donors (Lipinski definition) is 1. The largest absolute Gasteiger partial charge is 0.494 e. The fraction of sp³-hybridized carbons (Fsp3) is 0.385. The molecule has 0 saturated carbocycles. The molecule has 5 nitrogen and oxygen atoms in total. The zero-order valence-corrected chi connectivity index (χ0v) is 12.1. The monoisotopic (exact) mass is 281 g/mol. The highest BCUT2D eigenvalue weighted by molar-refractivity contribution is 7.16. The molecule has 0 saturated heterocycles. The maximum Gasteiger partial charge on any atom is 0.295 e. The van der Waals surface area contributed by atoms with Crippen LogP contribution in [0.4, 0.5) is 5.13 Å². The van der Waals surface area contributed by atoms with Gasteiger partial charge in [0.2, 0.25) is 5.13 Å². The molecule has 0 amide bonds. The predicted molar refractivity (Wildman–Crippen MR) is 78.1 cm³/mol. The van der Waals surface area contributed by atoms with Gasteiger partial charge in [-0.2, -0.15) is 0 Å². The predicted octanol–water partition coefficient (Wildman–Crippen LogP) is 2.94. The van der Waals surface area contributed by atoms with Crippen LogP contribution in [0.25, 0.3) is 0 Å². The quantitative estimate of drug-likeness (QED) is 0.450. The molecular formula is C13H19N3O2S. The van der Waals surface area contributed by atoms with Gasteiger partial charge in [0.25, 0.3) is 5.19 Å². The van der Waals surface area contributed by atoms with Gasteiger partial charge in [0.1, 0.15) is 5.76 Å². The number of anilines is 1. The van der Waals surface area contributed by atoms with E-state index in [0.29, 0.717) is 29.3 Å². The van der Waals surface area contributed by atoms with E-state index in [1.807, 2.05) is 32.1 Å². The number of nitrogens with zero attached hydrogens (tertiary/aromatic N) is 2. The highest BCUT2D eigenvalue weighted by atomic mass is 32.1. The standard InChI is InChI=1S/C13H19N3O2S/c1-4-11(10(3)17-5-2)8-6-7-9-18-13-16-15-12(14)19-13/h4,6,8H,3,5,7,9H2,1-2H3,(H2,14,15)/b8-6-,11-4+. The molecule has 0 bridgehead atoms. The van der Waals surface area contributed by atoms with Crippen LogP contribution in [0, 0.1) is 0 Å². The van der Waals surface area contributed by atoms with E-state index in [9.17, 15) is 0 Å². The van der Waals surface area contributed by atoms with Crippen molar-refractivity contribution >= 4 is 16.5 Å². The molecular weight excluding hydrogens is 262 g/mol. The lowest BCUT2D eigenvalue weighted by Gasteiger charge is -2.06. The number of allylic oxidation sites excluding steroid dienone is 2. The molecule has 1 aromatic heterocycles. The third-order valence-electron chi connectivity index (χ3n) is 2.18. The second-order valence-electron chi connectivity index (χ2n) is 3.55. The first kappa shape index (κ1) is 15.2. The molecule has 0 spiro atoms. The average molecular weight is 281 g/mol. The van der Waals surface area contributed by atoms with Crippen LogP contribution in [0.1, 0.15) is 20.3 Å². The summed E-state index contributed by atoms with van der Waals surface area (Å²) in [5.41, 5.74) is 6.42. The van der Waals surface area contributed by atoms with E-state index in [1.165, 1.54) is 11.3 Å². The summed E-state index contributed by atoms with van der Waals surface area (Å²) < 4.78 is 10.7. The summed E-state index contributed by atoms with van der Waals surface area (Å²) in [6.07, 6.45) is 6.69. The molecule has 1 rings (SSSR count). The molecule has 0 aliphatic rings. The van der Waals surface area contributed by atoms with Crippen LogP contribution < -0.4 is 10.5 Å². The summed E-state index contributed by atoms with van der Waals surface area (Å²) in [6, 6.07) is 0. The van der Waals surface area contributed by atoms with E-state index >= 15 is 0 Å². The van der Waals surface area contributed by atoms with Gasteiger partial charge in [-0.3, -0.25) is 0 Å². The fourth-order valence-corrected chi connectivity index (χ4v) is 1.80. The zero-order valence-electron chi connectivity index (χ0n) is 11.3. The summed E-state index contributed by atoms with van der Waals surface area (Å²) in [6.45, 7) is 8.89. The minimum atomic E-state index is 0.412. The molecule has 0 atom stereocenters. The van der Waals surface area contributed by atoms with Crippen LogP contribution in [-0.2, 0) is 4.74 Å². The van der Waals surface area contributed by atoms with E-state index in [4.69, 9.17) is 15.2 Å². The van der Waals surface area contributed by atoms with Gasteiger partial charge in [-0.05, 0) is 31.6 Å². The van der Waals surface area contributed by atoms with Crippen LogP contribution in [-0.4, -0.2) is 23.4 Å². The molecule has 0 aromatic carbocycles. The Kier molecular flexibility index (Phi) is 6.67. The number of nitrogens with two attached hydrogens (primary N) is 1. The Labute approximate surface area is 117 Å². The Morgan fingerprint density at radius 1 is 1.47 bits per heavy atom. The summed E-state index contributed by atoms with van der Waals surface area (Å²) in [7, 11) is 0. The summed E-state index contributed by atoms with van der Waals surface area (Å²) in [5, 5.41) is 8.34. The third-order valence-corrected chi connectivity index (χ3v) is 2.85. The van der Waals surface area contributed by atoms with Crippen LogP contribution in [0.3, 0.4) is 0 Å². The molecule has 1 aromatic rings. The van der Waals surface area contributed by atoms with Gasteiger partial charge in [-0.1, -0.05) is 29.9 Å². The van der Waals surface area contributed by atoms with Crippen LogP contribution in [0.15, 0.2) is 36.1 Å². The summed E-state index contributed by atoms with van der Waals surface area (Å²) in [5.74, 6) is 0.680. The van der Waals surface area contributed by atoms with Gasteiger partial charge in [-0.25, -0.2) is 0 Å². The maximum atomic E-state index is 5.45. The molecule has 0 radical (unpaired) electrons. The Balaban J connectivity index is 2.31. The third kappa shape index (κ3) is 5.56. The second kappa shape index (κ2) is 8.31. The van der Waals surface area contributed by atoms with Crippen molar-refractivity contribution in [2.75, 3.05) is 18.9 Å². The first-order chi connectivity index (χ1) is 9.17. The smallest absolute Gasteiger partial charge is 0.295 e. The molecule has 19 heavy (non-hydrogen) atoms. The van der Waals surface area contributed by atoms with Crippen LogP contribution in [0.2, 0.25) is 0 Å². The first-order valence-electron chi connectivity index (χ1n) is 6.04. The van der Waals surface area contributed by atoms with Crippen molar-refractivity contribution in [2.45, 2.75) is 20.3 Å². The minimum absolute atomic E-state index is 0.412.